The van der Waals surface area contributed by atoms with Gasteiger partial charge in [0.1, 0.15) is 5.82 Å². The van der Waals surface area contributed by atoms with Crippen LogP contribution in [0, 0.1) is 5.82 Å². The molecule has 0 heterocycles. The number of nitrogens with one attached hydrogen (secondary N) is 3. The highest BCUT2D eigenvalue weighted by Crippen LogP contribution is 2.13. The Morgan fingerprint density at radius 2 is 1.55 bits per heavy atom. The first-order valence-corrected chi connectivity index (χ1v) is 10.7. The van der Waals surface area contributed by atoms with E-state index in [1.54, 1.807) is 24.3 Å². The van der Waals surface area contributed by atoms with E-state index in [0.29, 0.717) is 17.1 Å². The van der Waals surface area contributed by atoms with Gasteiger partial charge in [-0.05, 0) is 55.0 Å². The Labute approximate surface area is 173 Å². The van der Waals surface area contributed by atoms with Gasteiger partial charge in [0.2, 0.25) is 21.8 Å². The van der Waals surface area contributed by atoms with Crippen LogP contribution >= 0.6 is 11.6 Å². The molecule has 0 aliphatic carbocycles. The molecule has 7 nitrogen and oxygen atoms in total. The number of anilines is 1. The maximum absolute atomic E-state index is 12.9. The van der Waals surface area contributed by atoms with Gasteiger partial charge in [-0.3, -0.25) is 9.59 Å². The molecular weight excluding hydrogens is 421 g/mol. The van der Waals surface area contributed by atoms with Crippen molar-refractivity contribution in [2.75, 3.05) is 18.4 Å². The van der Waals surface area contributed by atoms with E-state index < -0.39 is 15.8 Å². The van der Waals surface area contributed by atoms with Crippen LogP contribution in [0.25, 0.3) is 0 Å². The van der Waals surface area contributed by atoms with Crippen LogP contribution in [0.4, 0.5) is 10.1 Å². The highest BCUT2D eigenvalue weighted by molar-refractivity contribution is 7.89. The Hall–Kier alpha value is -2.49. The largest absolute Gasteiger partial charge is 0.356 e. The van der Waals surface area contributed by atoms with E-state index in [9.17, 15) is 22.4 Å². The summed E-state index contributed by atoms with van der Waals surface area (Å²) in [7, 11) is -3.80. The highest BCUT2D eigenvalue weighted by Gasteiger charge is 2.14. The lowest BCUT2D eigenvalue weighted by Crippen LogP contribution is -2.31. The maximum Gasteiger partial charge on any atom is 0.240 e. The minimum atomic E-state index is -3.80. The summed E-state index contributed by atoms with van der Waals surface area (Å²) in [5, 5.41) is 5.91. The van der Waals surface area contributed by atoms with Crippen LogP contribution in [-0.4, -0.2) is 33.3 Å². The molecule has 0 bridgehead atoms. The monoisotopic (exact) mass is 441 g/mol. The average molecular weight is 442 g/mol. The van der Waals surface area contributed by atoms with Crippen molar-refractivity contribution >= 4 is 39.1 Å². The second-order valence-electron chi connectivity index (χ2n) is 6.11. The Kier molecular flexibility index (Phi) is 8.56. The third-order valence-electron chi connectivity index (χ3n) is 3.80. The zero-order chi connectivity index (χ0) is 21.3. The lowest BCUT2D eigenvalue weighted by Gasteiger charge is -2.08. The number of carbonyl (C=O) groups excluding carboxylic acids is 2. The van der Waals surface area contributed by atoms with Crippen LogP contribution in [-0.2, 0) is 19.6 Å². The molecule has 2 amide bonds. The Morgan fingerprint density at radius 3 is 2.21 bits per heavy atom. The SMILES string of the molecule is O=C(CCNS(=O)(=O)c1ccc(F)cc1)NCCCC(=O)Nc1ccc(Cl)cc1. The smallest absolute Gasteiger partial charge is 0.240 e. The zero-order valence-electron chi connectivity index (χ0n) is 15.5. The van der Waals surface area contributed by atoms with Crippen LogP contribution in [0.3, 0.4) is 0 Å². The molecule has 2 aromatic rings. The fourth-order valence-electron chi connectivity index (χ4n) is 2.32. The van der Waals surface area contributed by atoms with Gasteiger partial charge >= 0.3 is 0 Å². The summed E-state index contributed by atoms with van der Waals surface area (Å²) >= 11 is 5.77. The van der Waals surface area contributed by atoms with Gasteiger partial charge in [-0.1, -0.05) is 11.6 Å². The van der Waals surface area contributed by atoms with Crippen molar-refractivity contribution in [3.05, 3.63) is 59.4 Å². The van der Waals surface area contributed by atoms with Gasteiger partial charge in [0, 0.05) is 36.6 Å². The van der Waals surface area contributed by atoms with Crippen LogP contribution < -0.4 is 15.4 Å². The minimum Gasteiger partial charge on any atom is -0.356 e. The molecule has 0 aromatic heterocycles. The highest BCUT2D eigenvalue weighted by atomic mass is 35.5. The molecule has 2 aromatic carbocycles. The third-order valence-corrected chi connectivity index (χ3v) is 5.53. The molecule has 0 aliphatic rings. The summed E-state index contributed by atoms with van der Waals surface area (Å²) in [6.07, 6.45) is 0.601. The number of benzene rings is 2. The molecule has 0 fully saturated rings. The molecule has 2 rings (SSSR count). The molecule has 156 valence electrons. The number of halogens is 2. The number of hydrogen-bond donors (Lipinski definition) is 3. The van der Waals surface area contributed by atoms with Gasteiger partial charge in [0.15, 0.2) is 0 Å². The van der Waals surface area contributed by atoms with Crippen LogP contribution in [0.15, 0.2) is 53.4 Å². The number of carbonyl (C=O) groups is 2. The Bertz CT molecular complexity index is 935. The summed E-state index contributed by atoms with van der Waals surface area (Å²) in [6.45, 7) is 0.195. The number of sulfonamides is 1. The molecule has 0 aliphatic heterocycles. The van der Waals surface area contributed by atoms with Gasteiger partial charge in [-0.2, -0.15) is 0 Å². The van der Waals surface area contributed by atoms with E-state index in [0.717, 1.165) is 24.3 Å². The molecule has 0 saturated carbocycles. The average Bonchev–Trinajstić information content (AvgIpc) is 2.67. The quantitative estimate of drug-likeness (QED) is 0.493. The summed E-state index contributed by atoms with van der Waals surface area (Å²) in [5.41, 5.74) is 0.636. The summed E-state index contributed by atoms with van der Waals surface area (Å²) in [5.74, 6) is -1.07. The predicted octanol–water partition coefficient (Wildman–Crippen LogP) is 2.68. The first kappa shape index (κ1) is 22.8. The lowest BCUT2D eigenvalue weighted by molar-refractivity contribution is -0.121. The fraction of sp³-hybridized carbons (Fsp3) is 0.263. The van der Waals surface area contributed by atoms with Gasteiger partial charge in [-0.15, -0.1) is 0 Å². The van der Waals surface area contributed by atoms with Crippen molar-refractivity contribution in [2.24, 2.45) is 0 Å². The van der Waals surface area contributed by atoms with Gasteiger partial charge in [0.05, 0.1) is 4.90 Å². The van der Waals surface area contributed by atoms with E-state index in [1.165, 1.54) is 0 Å². The molecule has 0 atom stereocenters. The van der Waals surface area contributed by atoms with Crippen molar-refractivity contribution in [1.82, 2.24) is 10.0 Å². The minimum absolute atomic E-state index is 0.0581. The molecule has 0 spiro atoms. The van der Waals surface area contributed by atoms with Crippen molar-refractivity contribution in [2.45, 2.75) is 24.2 Å². The Morgan fingerprint density at radius 1 is 0.897 bits per heavy atom. The van der Waals surface area contributed by atoms with Gasteiger partial charge < -0.3 is 10.6 Å². The first-order valence-electron chi connectivity index (χ1n) is 8.83. The van der Waals surface area contributed by atoms with E-state index in [-0.39, 0.29) is 42.6 Å². The number of hydrogen-bond acceptors (Lipinski definition) is 4. The normalized spacial score (nSPS) is 11.1. The number of amides is 2. The van der Waals surface area contributed by atoms with Crippen LogP contribution in [0.1, 0.15) is 19.3 Å². The fourth-order valence-corrected chi connectivity index (χ4v) is 3.48. The second kappa shape index (κ2) is 10.9. The molecule has 0 unspecified atom stereocenters. The van der Waals surface area contributed by atoms with Crippen LogP contribution in [0.5, 0.6) is 0 Å². The van der Waals surface area contributed by atoms with Crippen molar-refractivity contribution < 1.29 is 22.4 Å². The third kappa shape index (κ3) is 8.18. The standard InChI is InChI=1S/C19H21ClFN3O4S/c20-14-3-7-16(8-4-14)24-19(26)2-1-12-22-18(25)11-13-23-29(27,28)17-9-5-15(21)6-10-17/h3-10,23H,1-2,11-13H2,(H,22,25)(H,24,26). The van der Waals surface area contributed by atoms with Crippen molar-refractivity contribution in [3.8, 4) is 0 Å². The summed E-state index contributed by atoms with van der Waals surface area (Å²) in [6, 6.07) is 11.1. The second-order valence-corrected chi connectivity index (χ2v) is 8.31. The van der Waals surface area contributed by atoms with E-state index in [4.69, 9.17) is 11.6 Å². The molecule has 10 heteroatoms. The molecule has 0 radical (unpaired) electrons. The van der Waals surface area contributed by atoms with E-state index in [1.807, 2.05) is 0 Å². The van der Waals surface area contributed by atoms with Crippen molar-refractivity contribution in [3.63, 3.8) is 0 Å². The topological polar surface area (TPSA) is 104 Å². The van der Waals surface area contributed by atoms with Crippen LogP contribution in [0.2, 0.25) is 5.02 Å². The molecule has 29 heavy (non-hydrogen) atoms. The maximum atomic E-state index is 12.9. The predicted molar refractivity (Wildman–Crippen MR) is 109 cm³/mol. The zero-order valence-corrected chi connectivity index (χ0v) is 17.0. The number of rotatable bonds is 10. The lowest BCUT2D eigenvalue weighted by atomic mass is 10.2. The van der Waals surface area contributed by atoms with E-state index in [2.05, 4.69) is 15.4 Å². The van der Waals surface area contributed by atoms with Gasteiger partial charge in [-0.25, -0.2) is 17.5 Å². The Balaban J connectivity index is 1.61. The van der Waals surface area contributed by atoms with E-state index >= 15 is 0 Å². The molecule has 0 saturated heterocycles. The molecular formula is C19H21ClFN3O4S. The summed E-state index contributed by atoms with van der Waals surface area (Å²) < 4.78 is 39.2. The van der Waals surface area contributed by atoms with Gasteiger partial charge in [0.25, 0.3) is 0 Å². The molecule has 3 N–H and O–H groups in total. The van der Waals surface area contributed by atoms with Crippen molar-refractivity contribution in [1.29, 1.82) is 0 Å². The first-order chi connectivity index (χ1) is 13.8. The summed E-state index contributed by atoms with van der Waals surface area (Å²) in [4.78, 5) is 23.5.